The molecule has 2 N–H and O–H groups in total. The number of amides is 1. The number of nitrogens with zero attached hydrogens (tertiary/aromatic N) is 1. The maximum atomic E-state index is 11.7. The fourth-order valence-corrected chi connectivity index (χ4v) is 1.24. The van der Waals surface area contributed by atoms with Gasteiger partial charge in [0.1, 0.15) is 0 Å². The number of halogens is 3. The molecule has 0 aliphatic rings. The molecule has 0 fully saturated rings. The van der Waals surface area contributed by atoms with Gasteiger partial charge in [0, 0.05) is 12.6 Å². The van der Waals surface area contributed by atoms with Crippen LogP contribution in [0.2, 0.25) is 0 Å². The van der Waals surface area contributed by atoms with E-state index in [-0.39, 0.29) is 12.6 Å². The van der Waals surface area contributed by atoms with Crippen molar-refractivity contribution in [3.63, 3.8) is 0 Å². The van der Waals surface area contributed by atoms with Gasteiger partial charge in [0.25, 0.3) is 0 Å². The van der Waals surface area contributed by atoms with Crippen LogP contribution in [0.5, 0.6) is 0 Å². The summed E-state index contributed by atoms with van der Waals surface area (Å²) in [7, 11) is 3.70. The summed E-state index contributed by atoms with van der Waals surface area (Å²) < 4.78 is 35.2. The highest BCUT2D eigenvalue weighted by molar-refractivity contribution is 5.78. The van der Waals surface area contributed by atoms with E-state index in [4.69, 9.17) is 0 Å². The van der Waals surface area contributed by atoms with Gasteiger partial charge in [-0.2, -0.15) is 13.2 Å². The molecule has 0 saturated heterocycles. The Hall–Kier alpha value is -0.820. The Morgan fingerprint density at radius 1 is 1.38 bits per heavy atom. The standard InChI is InChI=1S/C9H18F3N3O/c1-7(5-15(2)3)14-8(16)4-13-6-9(10,11)12/h7,13H,4-6H2,1-3H3,(H,14,16). The van der Waals surface area contributed by atoms with E-state index in [2.05, 4.69) is 5.32 Å². The minimum atomic E-state index is -4.28. The Morgan fingerprint density at radius 2 is 1.94 bits per heavy atom. The van der Waals surface area contributed by atoms with Gasteiger partial charge in [-0.1, -0.05) is 0 Å². The summed E-state index contributed by atoms with van der Waals surface area (Å²) in [6, 6.07) is -0.0878. The van der Waals surface area contributed by atoms with Crippen LogP contribution in [0.3, 0.4) is 0 Å². The lowest BCUT2D eigenvalue weighted by Gasteiger charge is -2.18. The molecule has 0 aromatic carbocycles. The van der Waals surface area contributed by atoms with Crippen molar-refractivity contribution in [3.8, 4) is 0 Å². The Kier molecular flexibility index (Phi) is 6.35. The summed E-state index contributed by atoms with van der Waals surface area (Å²) in [6.07, 6.45) is -4.28. The number of carbonyl (C=O) groups excluding carboxylic acids is 1. The van der Waals surface area contributed by atoms with E-state index in [9.17, 15) is 18.0 Å². The van der Waals surface area contributed by atoms with Crippen LogP contribution in [-0.2, 0) is 4.79 Å². The average Bonchev–Trinajstić information content (AvgIpc) is 1.98. The second-order valence-corrected chi connectivity index (χ2v) is 3.95. The van der Waals surface area contributed by atoms with Crippen molar-refractivity contribution in [2.24, 2.45) is 0 Å². The highest BCUT2D eigenvalue weighted by atomic mass is 19.4. The van der Waals surface area contributed by atoms with Crippen molar-refractivity contribution in [3.05, 3.63) is 0 Å². The first-order valence-electron chi connectivity index (χ1n) is 4.92. The van der Waals surface area contributed by atoms with Gasteiger partial charge in [-0.05, 0) is 21.0 Å². The number of nitrogens with one attached hydrogen (secondary N) is 2. The minimum Gasteiger partial charge on any atom is -0.351 e. The highest BCUT2D eigenvalue weighted by Gasteiger charge is 2.26. The van der Waals surface area contributed by atoms with Crippen molar-refractivity contribution < 1.29 is 18.0 Å². The van der Waals surface area contributed by atoms with Crippen molar-refractivity contribution in [2.45, 2.75) is 19.1 Å². The van der Waals surface area contributed by atoms with E-state index in [1.165, 1.54) is 0 Å². The summed E-state index contributed by atoms with van der Waals surface area (Å²) in [4.78, 5) is 13.0. The first-order valence-corrected chi connectivity index (χ1v) is 4.92. The average molecular weight is 241 g/mol. The van der Waals surface area contributed by atoms with E-state index in [0.29, 0.717) is 6.54 Å². The Balaban J connectivity index is 3.66. The number of rotatable bonds is 6. The van der Waals surface area contributed by atoms with E-state index < -0.39 is 18.6 Å². The van der Waals surface area contributed by atoms with Gasteiger partial charge in [0.15, 0.2) is 0 Å². The van der Waals surface area contributed by atoms with Crippen LogP contribution < -0.4 is 10.6 Å². The molecule has 16 heavy (non-hydrogen) atoms. The van der Waals surface area contributed by atoms with E-state index >= 15 is 0 Å². The zero-order chi connectivity index (χ0) is 12.8. The van der Waals surface area contributed by atoms with Crippen molar-refractivity contribution in [1.29, 1.82) is 0 Å². The molecular weight excluding hydrogens is 223 g/mol. The fraction of sp³-hybridized carbons (Fsp3) is 0.889. The predicted molar refractivity (Wildman–Crippen MR) is 55.1 cm³/mol. The molecule has 0 aliphatic heterocycles. The maximum absolute atomic E-state index is 11.7. The third-order valence-electron chi connectivity index (χ3n) is 1.66. The van der Waals surface area contributed by atoms with Crippen LogP contribution in [0.15, 0.2) is 0 Å². The summed E-state index contributed by atoms with van der Waals surface area (Å²) in [5, 5.41) is 4.62. The summed E-state index contributed by atoms with van der Waals surface area (Å²) in [5.41, 5.74) is 0. The Bertz CT molecular complexity index is 219. The molecule has 0 aromatic heterocycles. The van der Waals surface area contributed by atoms with Crippen LogP contribution in [0.1, 0.15) is 6.92 Å². The number of alkyl halides is 3. The largest absolute Gasteiger partial charge is 0.401 e. The monoisotopic (exact) mass is 241 g/mol. The molecule has 0 bridgehead atoms. The van der Waals surface area contributed by atoms with Gasteiger partial charge >= 0.3 is 6.18 Å². The zero-order valence-corrected chi connectivity index (χ0v) is 9.69. The third kappa shape index (κ3) is 9.72. The number of carbonyl (C=O) groups is 1. The van der Waals surface area contributed by atoms with Crippen LogP contribution in [0, 0.1) is 0 Å². The minimum absolute atomic E-state index is 0.0878. The lowest BCUT2D eigenvalue weighted by molar-refractivity contribution is -0.128. The molecule has 0 radical (unpaired) electrons. The maximum Gasteiger partial charge on any atom is 0.401 e. The molecule has 0 heterocycles. The zero-order valence-electron chi connectivity index (χ0n) is 9.69. The molecular formula is C9H18F3N3O. The number of hydrogen-bond donors (Lipinski definition) is 2. The summed E-state index contributed by atoms with van der Waals surface area (Å²) in [5.74, 6) is -0.432. The van der Waals surface area contributed by atoms with Gasteiger partial charge < -0.3 is 15.5 Å². The van der Waals surface area contributed by atoms with Gasteiger partial charge in [-0.15, -0.1) is 0 Å². The smallest absolute Gasteiger partial charge is 0.351 e. The first kappa shape index (κ1) is 15.2. The van der Waals surface area contributed by atoms with Crippen LogP contribution in [0.25, 0.3) is 0 Å². The van der Waals surface area contributed by atoms with E-state index in [1.54, 1.807) is 6.92 Å². The molecule has 96 valence electrons. The van der Waals surface area contributed by atoms with Crippen LogP contribution in [0.4, 0.5) is 13.2 Å². The predicted octanol–water partition coefficient (Wildman–Crippen LogP) is 0.205. The van der Waals surface area contributed by atoms with Crippen molar-refractivity contribution in [2.75, 3.05) is 33.7 Å². The molecule has 1 unspecified atom stereocenters. The normalized spacial score (nSPS) is 13.9. The lowest BCUT2D eigenvalue weighted by atomic mass is 10.3. The Morgan fingerprint density at radius 3 is 2.38 bits per heavy atom. The number of hydrogen-bond acceptors (Lipinski definition) is 3. The third-order valence-corrected chi connectivity index (χ3v) is 1.66. The molecule has 1 atom stereocenters. The van der Waals surface area contributed by atoms with Crippen LogP contribution >= 0.6 is 0 Å². The molecule has 0 spiro atoms. The lowest BCUT2D eigenvalue weighted by Crippen LogP contribution is -2.44. The molecule has 1 amide bonds. The number of likely N-dealkylation sites (N-methyl/N-ethyl adjacent to an activating group) is 1. The second-order valence-electron chi connectivity index (χ2n) is 3.95. The quantitative estimate of drug-likeness (QED) is 0.698. The summed E-state index contributed by atoms with van der Waals surface area (Å²) in [6.45, 7) is 0.965. The second kappa shape index (κ2) is 6.70. The van der Waals surface area contributed by atoms with Crippen LogP contribution in [-0.4, -0.2) is 56.8 Å². The SMILES string of the molecule is CC(CN(C)C)NC(=O)CNCC(F)(F)F. The molecule has 7 heteroatoms. The van der Waals surface area contributed by atoms with E-state index in [1.807, 2.05) is 24.3 Å². The van der Waals surface area contributed by atoms with Gasteiger partial charge in [0.05, 0.1) is 13.1 Å². The van der Waals surface area contributed by atoms with Gasteiger partial charge in [-0.25, -0.2) is 0 Å². The molecule has 0 rings (SSSR count). The van der Waals surface area contributed by atoms with Gasteiger partial charge in [0.2, 0.25) is 5.91 Å². The molecule has 0 aliphatic carbocycles. The highest BCUT2D eigenvalue weighted by Crippen LogP contribution is 2.11. The van der Waals surface area contributed by atoms with Crippen molar-refractivity contribution >= 4 is 5.91 Å². The molecule has 0 saturated carbocycles. The molecule has 4 nitrogen and oxygen atoms in total. The molecule has 0 aromatic rings. The topological polar surface area (TPSA) is 44.4 Å². The Labute approximate surface area is 93.2 Å². The fourth-order valence-electron chi connectivity index (χ4n) is 1.24. The van der Waals surface area contributed by atoms with E-state index in [0.717, 1.165) is 0 Å². The van der Waals surface area contributed by atoms with Crippen molar-refractivity contribution in [1.82, 2.24) is 15.5 Å². The first-order chi connectivity index (χ1) is 7.20. The van der Waals surface area contributed by atoms with Gasteiger partial charge in [-0.3, -0.25) is 4.79 Å². The summed E-state index contributed by atoms with van der Waals surface area (Å²) >= 11 is 0.